The van der Waals surface area contributed by atoms with Crippen LogP contribution >= 0.6 is 0 Å². The second kappa shape index (κ2) is 23.1. The average molecular weight is 1020 g/mol. The number of alkyl halides is 6. The average Bonchev–Trinajstić information content (AvgIpc) is 3.56. The van der Waals surface area contributed by atoms with Gasteiger partial charge in [-0.25, -0.2) is 9.37 Å². The van der Waals surface area contributed by atoms with Crippen molar-refractivity contribution in [3.8, 4) is 39.7 Å². The minimum absolute atomic E-state index is 0. The van der Waals surface area contributed by atoms with Crippen molar-refractivity contribution in [1.29, 1.82) is 5.41 Å². The Kier molecular flexibility index (Phi) is 18.1. The Morgan fingerprint density at radius 2 is 1.55 bits per heavy atom. The van der Waals surface area contributed by atoms with Gasteiger partial charge in [0, 0.05) is 30.1 Å². The fraction of sp³-hybridized carbons (Fsp3) is 0.400. The van der Waals surface area contributed by atoms with E-state index in [1.807, 2.05) is 32.0 Å². The fourth-order valence-electron chi connectivity index (χ4n) is 7.96. The summed E-state index contributed by atoms with van der Waals surface area (Å²) >= 11 is 0. The van der Waals surface area contributed by atoms with Gasteiger partial charge in [-0.05, 0) is 110 Å². The van der Waals surface area contributed by atoms with Crippen LogP contribution in [0.2, 0.25) is 0 Å². The topological polar surface area (TPSA) is 129 Å². The molecule has 1 aliphatic heterocycles. The Morgan fingerprint density at radius 3 is 2.24 bits per heavy atom. The molecule has 1 radical (unpaired) electrons. The minimum atomic E-state index is -5.04. The molecule has 0 saturated heterocycles. The van der Waals surface area contributed by atoms with Crippen LogP contribution in [0.5, 0.6) is 5.75 Å². The van der Waals surface area contributed by atoms with Crippen molar-refractivity contribution >= 4 is 11.4 Å². The number of pyridine rings is 4. The van der Waals surface area contributed by atoms with E-state index in [2.05, 4.69) is 23.8 Å². The molecule has 4 N–H and O–H groups in total. The van der Waals surface area contributed by atoms with Crippen LogP contribution in [0, 0.1) is 25.1 Å². The van der Waals surface area contributed by atoms with Crippen LogP contribution < -0.4 is 19.6 Å². The van der Waals surface area contributed by atoms with E-state index >= 15 is 4.39 Å². The third-order valence-corrected chi connectivity index (χ3v) is 11.4. The third-order valence-electron chi connectivity index (χ3n) is 11.4. The largest absolute Gasteiger partial charge is 1.00 e. The van der Waals surface area contributed by atoms with Gasteiger partial charge in [0.15, 0.2) is 6.20 Å². The number of allylic oxidation sites excluding steroid dienone is 2. The van der Waals surface area contributed by atoms with Gasteiger partial charge in [0.25, 0.3) is 11.4 Å². The number of aromatic nitrogens is 4. The summed E-state index contributed by atoms with van der Waals surface area (Å²) in [4.78, 5) is 14.1. The number of halogens is 7. The molecule has 0 fully saturated rings. The van der Waals surface area contributed by atoms with Gasteiger partial charge in [-0.2, -0.15) is 26.3 Å². The number of benzene rings is 1. The number of nitrogens with one attached hydrogen (secondary N) is 2. The zero-order valence-electron chi connectivity index (χ0n) is 37.9. The molecule has 6 rings (SSSR count). The predicted octanol–water partition coefficient (Wildman–Crippen LogP) is 12.6. The summed E-state index contributed by atoms with van der Waals surface area (Å²) in [7, 11) is 0. The maximum Gasteiger partial charge on any atom is 1.00 e. The predicted molar refractivity (Wildman–Crippen MR) is 241 cm³/mol. The molecule has 357 valence electrons. The SMILES string of the molecule is CCCCCCCc1cc(OCCCCCC)ccc1-c1cc(C(/C=C(\N)C(F)(F)F)=N\[C@H]2[n+]3ccc(F)cc3-c3cc(C)cc(-c4cc(C)ccn4)[n+]32)nc(C([NH-])CC(=N)C(F)(F)F)c1.[Ru+]. The number of aliphatic imine (C=N–C) groups is 1. The Bertz CT molecular complexity index is 2600. The van der Waals surface area contributed by atoms with Crippen LogP contribution in [-0.2, 0) is 25.9 Å². The molecule has 5 aromatic rings. The molecule has 0 bridgehead atoms. The summed E-state index contributed by atoms with van der Waals surface area (Å²) in [6.07, 6.45) is 0.711. The van der Waals surface area contributed by atoms with Crippen molar-refractivity contribution in [3.05, 3.63) is 131 Å². The molecule has 1 unspecified atom stereocenters. The first-order chi connectivity index (χ1) is 31.4. The molecular formula is C50H56F7N8ORu+2. The van der Waals surface area contributed by atoms with Crippen molar-refractivity contribution in [2.24, 2.45) is 10.7 Å². The standard InChI is InChI=1S/C50H56F7N8O.Ru/c1-5-7-9-11-12-14-33-25-36(66-21-13-10-8-6-2)15-16-37(33)34-26-39(38(58)29-46(59)49(52,53)54)62-40(27-34)41(30-47(60)50(55,56)57)63-48-64-20-18-35(51)28-44(64)45-24-32(4)23-43(65(45)48)42-22-31(3)17-19-61-42;/h15-20,22-28,30,38,48,58-59H,5-14,21,29,60H2,1-4H3;/q2*+1/b47-30-,59-46?,63-41-;/t38?,48-;/m0./s1. The molecule has 2 atom stereocenters. The zero-order valence-corrected chi connectivity index (χ0v) is 39.7. The van der Waals surface area contributed by atoms with Crippen molar-refractivity contribution < 1.29 is 64.1 Å². The summed E-state index contributed by atoms with van der Waals surface area (Å²) in [5, 5.41) is 7.73. The first kappa shape index (κ1) is 52.6. The smallest absolute Gasteiger partial charge is 0.669 e. The van der Waals surface area contributed by atoms with Crippen LogP contribution in [-0.4, -0.2) is 40.4 Å². The van der Waals surface area contributed by atoms with Gasteiger partial charge < -0.3 is 21.6 Å². The number of hydrogen-bond acceptors (Lipinski definition) is 6. The molecule has 1 aliphatic rings. The first-order valence-corrected chi connectivity index (χ1v) is 22.3. The van der Waals surface area contributed by atoms with E-state index in [4.69, 9.17) is 26.6 Å². The second-order valence-electron chi connectivity index (χ2n) is 16.8. The monoisotopic (exact) mass is 1020 g/mol. The number of fused-ring (bicyclic) bond motifs is 3. The number of nitrogens with two attached hydrogens (primary N) is 1. The third kappa shape index (κ3) is 13.4. The number of hydrogen-bond donors (Lipinski definition) is 2. The number of nitrogens with zero attached hydrogens (tertiary/aromatic N) is 5. The molecule has 0 spiro atoms. The Hall–Kier alpha value is -5.41. The van der Waals surface area contributed by atoms with Crippen LogP contribution in [0.1, 0.15) is 118 Å². The molecule has 0 saturated carbocycles. The normalized spacial score (nSPS) is 14.4. The van der Waals surface area contributed by atoms with E-state index in [0.29, 0.717) is 58.8 Å². The molecule has 17 heteroatoms. The van der Waals surface area contributed by atoms with E-state index in [1.165, 1.54) is 30.5 Å². The molecule has 67 heavy (non-hydrogen) atoms. The van der Waals surface area contributed by atoms with Crippen molar-refractivity contribution in [1.82, 2.24) is 9.97 Å². The molecule has 5 heterocycles. The molecule has 4 aromatic heterocycles. The van der Waals surface area contributed by atoms with Gasteiger partial charge in [-0.1, -0.05) is 75.5 Å². The van der Waals surface area contributed by atoms with Crippen LogP contribution in [0.4, 0.5) is 30.7 Å². The van der Waals surface area contributed by atoms with Gasteiger partial charge >= 0.3 is 38.1 Å². The van der Waals surface area contributed by atoms with Gasteiger partial charge in [0.1, 0.15) is 28.7 Å². The zero-order chi connectivity index (χ0) is 47.8. The quantitative estimate of drug-likeness (QED) is 0.0264. The van der Waals surface area contributed by atoms with Crippen molar-refractivity contribution in [3.63, 3.8) is 0 Å². The second-order valence-corrected chi connectivity index (χ2v) is 16.8. The maximum absolute atomic E-state index is 15.0. The molecule has 1 aromatic carbocycles. The van der Waals surface area contributed by atoms with Crippen LogP contribution in [0.3, 0.4) is 0 Å². The van der Waals surface area contributed by atoms with Crippen LogP contribution in [0.25, 0.3) is 39.6 Å². The Morgan fingerprint density at radius 1 is 0.851 bits per heavy atom. The summed E-state index contributed by atoms with van der Waals surface area (Å²) < 4.78 is 109. The van der Waals surface area contributed by atoms with Gasteiger partial charge in [0.05, 0.1) is 24.1 Å². The molecule has 9 nitrogen and oxygen atoms in total. The van der Waals surface area contributed by atoms with Gasteiger partial charge in [-0.15, -0.1) is 9.56 Å². The van der Waals surface area contributed by atoms with E-state index in [9.17, 15) is 26.3 Å². The summed E-state index contributed by atoms with van der Waals surface area (Å²) in [5.74, 6) is 0.0428. The van der Waals surface area contributed by atoms with E-state index in [0.717, 1.165) is 74.5 Å². The maximum atomic E-state index is 15.0. The summed E-state index contributed by atoms with van der Waals surface area (Å²) in [5.41, 5.74) is 15.8. The molecular weight excluding hydrogens is 963 g/mol. The fourth-order valence-corrected chi connectivity index (χ4v) is 7.96. The van der Waals surface area contributed by atoms with Gasteiger partial charge in [0.2, 0.25) is 5.69 Å². The number of unbranched alkanes of at least 4 members (excludes halogenated alkanes) is 7. The number of ether oxygens (including phenoxy) is 1. The van der Waals surface area contributed by atoms with E-state index in [-0.39, 0.29) is 30.9 Å². The summed E-state index contributed by atoms with van der Waals surface area (Å²) in [6, 6.07) is 16.4. The number of aryl methyl sites for hydroxylation is 3. The van der Waals surface area contributed by atoms with Crippen molar-refractivity contribution in [2.75, 3.05) is 6.61 Å². The minimum Gasteiger partial charge on any atom is -0.669 e. The van der Waals surface area contributed by atoms with Crippen LogP contribution in [0.15, 0.2) is 95.9 Å². The van der Waals surface area contributed by atoms with Crippen molar-refractivity contribution in [2.45, 2.75) is 123 Å². The summed E-state index contributed by atoms with van der Waals surface area (Å²) in [6.45, 7) is 8.45. The number of rotatable bonds is 20. The molecule has 0 amide bonds. The Balaban J connectivity index is 0.00000840. The first-order valence-electron chi connectivity index (χ1n) is 22.3. The van der Waals surface area contributed by atoms with E-state index in [1.54, 1.807) is 39.6 Å². The van der Waals surface area contributed by atoms with E-state index < -0.39 is 54.0 Å². The Labute approximate surface area is 399 Å². The van der Waals surface area contributed by atoms with Gasteiger partial charge in [-0.3, -0.25) is 4.98 Å². The molecule has 0 aliphatic carbocycles.